The third kappa shape index (κ3) is 12.9. The third-order valence-electron chi connectivity index (χ3n) is 13.4. The number of ketones is 1. The SMILES string of the molecule is Cl.O=C1CCC(N2Cc3c(NC(=O)CCNCCOC4CCN(CCOCCCC(=O)c5ccc(Cc6ncc7c(n6)-c6ccc(Cl)cc6C(c6c(F)cccc6F)=NC7)cc5)CC4)cccc3C2=O)C(=O)N1. The number of fused-ring (bicyclic) bond motifs is 4. The van der Waals surface area contributed by atoms with Gasteiger partial charge in [-0.3, -0.25) is 34.3 Å². The van der Waals surface area contributed by atoms with E-state index in [1.54, 1.807) is 42.6 Å². The lowest BCUT2D eigenvalue weighted by Crippen LogP contribution is -2.52. The number of ether oxygens (including phenoxy) is 2. The number of nitrogens with zero attached hydrogens (tertiary/aromatic N) is 5. The number of nitrogens with one attached hydrogen (secondary N) is 3. The van der Waals surface area contributed by atoms with Crippen molar-refractivity contribution < 1.29 is 42.2 Å². The van der Waals surface area contributed by atoms with Crippen molar-refractivity contribution in [2.45, 2.75) is 76.6 Å². The molecular weight excluding hydrogens is 982 g/mol. The molecule has 4 amide bonds. The number of anilines is 1. The molecule has 382 valence electrons. The number of imide groups is 1. The summed E-state index contributed by atoms with van der Waals surface area (Å²) in [5, 5.41) is 8.89. The number of carbonyl (C=O) groups is 5. The first kappa shape index (κ1) is 53.0. The number of aliphatic imine (C=N–C) groups is 1. The molecule has 1 unspecified atom stereocenters. The smallest absolute Gasteiger partial charge is 0.255 e. The van der Waals surface area contributed by atoms with Crippen LogP contribution in [0.25, 0.3) is 11.3 Å². The normalized spacial score (nSPS) is 16.7. The van der Waals surface area contributed by atoms with Gasteiger partial charge in [0.25, 0.3) is 5.91 Å². The van der Waals surface area contributed by atoms with Crippen molar-refractivity contribution in [3.8, 4) is 11.3 Å². The lowest BCUT2D eigenvalue weighted by atomic mass is 9.94. The Balaban J connectivity index is 0.00000711. The van der Waals surface area contributed by atoms with Crippen molar-refractivity contribution in [1.82, 2.24) is 30.4 Å². The molecule has 9 rings (SSSR count). The maximum Gasteiger partial charge on any atom is 0.255 e. The van der Waals surface area contributed by atoms with Crippen LogP contribution in [0, 0.1) is 11.6 Å². The van der Waals surface area contributed by atoms with E-state index in [1.807, 2.05) is 24.3 Å². The molecule has 0 aliphatic carbocycles. The molecule has 5 heterocycles. The first-order chi connectivity index (χ1) is 35.0. The minimum atomic E-state index is -0.721. The van der Waals surface area contributed by atoms with E-state index in [2.05, 4.69) is 30.8 Å². The highest BCUT2D eigenvalue weighted by Gasteiger charge is 2.40. The van der Waals surface area contributed by atoms with Gasteiger partial charge in [-0.05, 0) is 67.6 Å². The highest BCUT2D eigenvalue weighted by Crippen LogP contribution is 2.35. The van der Waals surface area contributed by atoms with Gasteiger partial charge in [0, 0.05) is 122 Å². The Morgan fingerprint density at radius 2 is 1.64 bits per heavy atom. The second-order valence-corrected chi connectivity index (χ2v) is 18.8. The van der Waals surface area contributed by atoms with Crippen molar-refractivity contribution >= 4 is 64.8 Å². The highest BCUT2D eigenvalue weighted by molar-refractivity contribution is 6.31. The Morgan fingerprint density at radius 3 is 2.42 bits per heavy atom. The van der Waals surface area contributed by atoms with Crippen molar-refractivity contribution in [1.29, 1.82) is 0 Å². The fourth-order valence-corrected chi connectivity index (χ4v) is 9.76. The zero-order valence-electron chi connectivity index (χ0n) is 40.1. The number of rotatable bonds is 20. The van der Waals surface area contributed by atoms with Crippen LogP contribution in [0.5, 0.6) is 0 Å². The molecule has 0 bridgehead atoms. The molecule has 4 aliphatic heterocycles. The molecular formula is C54H56Cl2F2N8O7. The van der Waals surface area contributed by atoms with E-state index in [4.69, 9.17) is 26.1 Å². The number of amides is 4. The summed E-state index contributed by atoms with van der Waals surface area (Å²) in [6.45, 7) is 5.61. The topological polar surface area (TPSA) is 185 Å². The molecule has 2 fully saturated rings. The van der Waals surface area contributed by atoms with Gasteiger partial charge in [-0.2, -0.15) is 0 Å². The number of Topliss-reactive ketones (excluding diaryl/α,β-unsaturated/α-hetero) is 1. The third-order valence-corrected chi connectivity index (χ3v) is 13.7. The van der Waals surface area contributed by atoms with Crippen molar-refractivity contribution in [2.24, 2.45) is 4.99 Å². The maximum atomic E-state index is 15.0. The Hall–Kier alpha value is -6.34. The summed E-state index contributed by atoms with van der Waals surface area (Å²) in [5.41, 5.74) is 5.60. The van der Waals surface area contributed by atoms with Crippen LogP contribution in [-0.2, 0) is 43.4 Å². The molecule has 0 radical (unpaired) electrons. The number of halogens is 4. The van der Waals surface area contributed by atoms with Crippen LogP contribution in [0.4, 0.5) is 14.5 Å². The Labute approximate surface area is 432 Å². The van der Waals surface area contributed by atoms with Crippen LogP contribution in [0.3, 0.4) is 0 Å². The average molecular weight is 1040 g/mol. The van der Waals surface area contributed by atoms with Crippen LogP contribution >= 0.6 is 24.0 Å². The Bertz CT molecular complexity index is 2880. The van der Waals surface area contributed by atoms with Gasteiger partial charge < -0.3 is 29.9 Å². The summed E-state index contributed by atoms with van der Waals surface area (Å²) < 4.78 is 41.9. The quantitative estimate of drug-likeness (QED) is 0.0405. The van der Waals surface area contributed by atoms with E-state index in [9.17, 15) is 32.8 Å². The number of carbonyl (C=O) groups excluding carboxylic acids is 5. The molecule has 15 nitrogen and oxygen atoms in total. The van der Waals surface area contributed by atoms with Crippen molar-refractivity contribution in [3.05, 3.63) is 146 Å². The van der Waals surface area contributed by atoms with Crippen LogP contribution in [0.1, 0.15) is 99.3 Å². The van der Waals surface area contributed by atoms with Gasteiger partial charge in [0.15, 0.2) is 5.78 Å². The number of likely N-dealkylation sites (tertiary alicyclic amines) is 1. The molecule has 19 heteroatoms. The molecule has 4 aliphatic rings. The van der Waals surface area contributed by atoms with E-state index in [1.165, 1.54) is 23.1 Å². The fraction of sp³-hybridized carbons (Fsp3) is 0.370. The number of benzene rings is 4. The number of aromatic nitrogens is 2. The molecule has 0 spiro atoms. The molecule has 5 aromatic rings. The minimum Gasteiger partial charge on any atom is -0.380 e. The van der Waals surface area contributed by atoms with Crippen LogP contribution in [0.15, 0.2) is 90.1 Å². The van der Waals surface area contributed by atoms with Gasteiger partial charge in [0.1, 0.15) is 23.5 Å². The molecule has 1 aromatic heterocycles. The monoisotopic (exact) mass is 1040 g/mol. The summed E-state index contributed by atoms with van der Waals surface area (Å²) >= 11 is 6.37. The zero-order valence-corrected chi connectivity index (χ0v) is 41.7. The summed E-state index contributed by atoms with van der Waals surface area (Å²) in [4.78, 5) is 80.9. The summed E-state index contributed by atoms with van der Waals surface area (Å²) in [6, 6.07) is 20.7. The van der Waals surface area contributed by atoms with Crippen LogP contribution < -0.4 is 16.0 Å². The van der Waals surface area contributed by atoms with Crippen molar-refractivity contribution in [2.75, 3.05) is 57.9 Å². The van der Waals surface area contributed by atoms with Gasteiger partial charge in [0.05, 0.1) is 42.8 Å². The summed E-state index contributed by atoms with van der Waals surface area (Å²) in [7, 11) is 0. The van der Waals surface area contributed by atoms with Crippen LogP contribution in [0.2, 0.25) is 5.02 Å². The standard InChI is InChI=1S/C54H55ClF2N8O7.ClH/c55-36-13-14-38-40(29-36)52(50-42(56)5-2-6-43(50)57)60-31-35-30-59-47(62-51(35)38)28-33-9-11-34(12-10-33)46(66)8-3-25-71-27-24-64-22-18-37(19-23-64)72-26-21-58-20-17-49(68)61-44-7-1-4-39-41(44)32-65(54(39)70)45-15-16-48(67)63-53(45)69;/h1-2,4-7,9-14,29-30,37,45,58H,3,8,15-28,31-32H2,(H,61,68)(H,63,67,69);1H. The maximum absolute atomic E-state index is 15.0. The second kappa shape index (κ2) is 24.6. The molecule has 1 atom stereocenters. The number of piperidine rings is 2. The van der Waals surface area contributed by atoms with Gasteiger partial charge in [-0.25, -0.2) is 18.7 Å². The Morgan fingerprint density at radius 1 is 0.863 bits per heavy atom. The molecule has 4 aromatic carbocycles. The van der Waals surface area contributed by atoms with Gasteiger partial charge in [0.2, 0.25) is 17.7 Å². The number of hydrogen-bond acceptors (Lipinski definition) is 12. The van der Waals surface area contributed by atoms with E-state index in [0.717, 1.165) is 38.0 Å². The first-order valence-corrected chi connectivity index (χ1v) is 24.8. The van der Waals surface area contributed by atoms with E-state index >= 15 is 0 Å². The largest absolute Gasteiger partial charge is 0.380 e. The first-order valence-electron chi connectivity index (χ1n) is 24.4. The summed E-state index contributed by atoms with van der Waals surface area (Å²) in [6.07, 6.45) is 5.78. The molecule has 3 N–H and O–H groups in total. The molecule has 73 heavy (non-hydrogen) atoms. The van der Waals surface area contributed by atoms with E-state index in [-0.39, 0.29) is 85.6 Å². The predicted octanol–water partition coefficient (Wildman–Crippen LogP) is 7.28. The van der Waals surface area contributed by atoms with Gasteiger partial charge in [-0.15, -0.1) is 12.4 Å². The lowest BCUT2D eigenvalue weighted by molar-refractivity contribution is -0.137. The fourth-order valence-electron chi connectivity index (χ4n) is 9.59. The molecule has 2 saturated heterocycles. The van der Waals surface area contributed by atoms with Gasteiger partial charge >= 0.3 is 0 Å². The second-order valence-electron chi connectivity index (χ2n) is 18.3. The van der Waals surface area contributed by atoms with E-state index < -0.39 is 23.6 Å². The number of hydrogen-bond donors (Lipinski definition) is 3. The van der Waals surface area contributed by atoms with Crippen LogP contribution in [-0.4, -0.2) is 120 Å². The zero-order chi connectivity index (χ0) is 50.1. The van der Waals surface area contributed by atoms with E-state index in [0.29, 0.717) is 108 Å². The lowest BCUT2D eigenvalue weighted by Gasteiger charge is -2.31. The summed E-state index contributed by atoms with van der Waals surface area (Å²) in [5.74, 6) is -2.15. The highest BCUT2D eigenvalue weighted by atomic mass is 35.5. The predicted molar refractivity (Wildman–Crippen MR) is 273 cm³/mol. The Kier molecular flexibility index (Phi) is 17.8. The average Bonchev–Trinajstić information content (AvgIpc) is 3.63. The van der Waals surface area contributed by atoms with Crippen molar-refractivity contribution in [3.63, 3.8) is 0 Å². The minimum absolute atomic E-state index is 0. The molecule has 0 saturated carbocycles. The van der Waals surface area contributed by atoms with Gasteiger partial charge in [-0.1, -0.05) is 54.1 Å².